The largest absolute Gasteiger partial charge is 0.444 e. The molecule has 0 radical (unpaired) electrons. The second-order valence-electron chi connectivity index (χ2n) is 4.95. The third kappa shape index (κ3) is 3.21. The number of aromatic nitrogens is 1. The van der Waals surface area contributed by atoms with Crippen LogP contribution < -0.4 is 5.32 Å². The molecule has 0 aliphatic carbocycles. The van der Waals surface area contributed by atoms with Gasteiger partial charge in [-0.05, 0) is 24.3 Å². The molecule has 0 saturated carbocycles. The predicted octanol–water partition coefficient (Wildman–Crippen LogP) is 1.91. The lowest BCUT2D eigenvalue weighted by Gasteiger charge is -2.14. The number of aliphatic imine (C=N–C) groups is 1. The van der Waals surface area contributed by atoms with Gasteiger partial charge < -0.3 is 14.6 Å². The van der Waals surface area contributed by atoms with Gasteiger partial charge in [0.25, 0.3) is 0 Å². The molecule has 0 saturated heterocycles. The number of oxazole rings is 1. The molecule has 21 heavy (non-hydrogen) atoms. The van der Waals surface area contributed by atoms with Gasteiger partial charge in [-0.15, -0.1) is 0 Å². The summed E-state index contributed by atoms with van der Waals surface area (Å²) in [5.41, 5.74) is 1.64. The van der Waals surface area contributed by atoms with Gasteiger partial charge in [0.2, 0.25) is 5.89 Å². The molecule has 1 aliphatic heterocycles. The van der Waals surface area contributed by atoms with Crippen molar-refractivity contribution < 1.29 is 8.81 Å². The van der Waals surface area contributed by atoms with Crippen molar-refractivity contribution in [3.05, 3.63) is 42.0 Å². The van der Waals surface area contributed by atoms with Gasteiger partial charge in [-0.3, -0.25) is 4.99 Å². The molecule has 0 amide bonds. The van der Waals surface area contributed by atoms with Gasteiger partial charge in [-0.1, -0.05) is 0 Å². The second-order valence-corrected chi connectivity index (χ2v) is 4.95. The van der Waals surface area contributed by atoms with Crippen LogP contribution in [0.3, 0.4) is 0 Å². The zero-order chi connectivity index (χ0) is 14.7. The van der Waals surface area contributed by atoms with Crippen molar-refractivity contribution in [2.75, 3.05) is 26.7 Å². The first-order chi connectivity index (χ1) is 10.2. The molecular formula is C15H17FN4O. The highest BCUT2D eigenvalue weighted by atomic mass is 19.1. The molecule has 1 N–H and O–H groups in total. The molecule has 1 aromatic carbocycles. The van der Waals surface area contributed by atoms with Crippen LogP contribution in [0.15, 0.2) is 39.9 Å². The Morgan fingerprint density at radius 1 is 1.33 bits per heavy atom. The number of guanidine groups is 1. The molecule has 2 aromatic rings. The van der Waals surface area contributed by atoms with E-state index in [4.69, 9.17) is 4.42 Å². The summed E-state index contributed by atoms with van der Waals surface area (Å²) in [5.74, 6) is 1.17. The van der Waals surface area contributed by atoms with E-state index in [1.165, 1.54) is 12.1 Å². The van der Waals surface area contributed by atoms with E-state index in [1.807, 2.05) is 7.05 Å². The van der Waals surface area contributed by atoms with Gasteiger partial charge in [0, 0.05) is 32.1 Å². The van der Waals surface area contributed by atoms with E-state index >= 15 is 0 Å². The molecule has 0 fully saturated rings. The van der Waals surface area contributed by atoms with Crippen LogP contribution in [0, 0.1) is 5.82 Å². The Morgan fingerprint density at radius 3 is 2.86 bits per heavy atom. The van der Waals surface area contributed by atoms with Crippen molar-refractivity contribution in [2.24, 2.45) is 4.99 Å². The minimum atomic E-state index is -0.267. The van der Waals surface area contributed by atoms with Gasteiger partial charge in [0.1, 0.15) is 12.1 Å². The summed E-state index contributed by atoms with van der Waals surface area (Å²) in [5, 5.41) is 3.28. The Hall–Kier alpha value is -2.37. The van der Waals surface area contributed by atoms with Crippen LogP contribution in [0.5, 0.6) is 0 Å². The fourth-order valence-corrected chi connectivity index (χ4v) is 2.17. The molecule has 5 nitrogen and oxygen atoms in total. The van der Waals surface area contributed by atoms with E-state index in [9.17, 15) is 4.39 Å². The number of halogens is 1. The second kappa shape index (κ2) is 5.95. The number of nitrogens with zero attached hydrogens (tertiary/aromatic N) is 3. The van der Waals surface area contributed by atoms with Crippen LogP contribution in [-0.2, 0) is 6.42 Å². The van der Waals surface area contributed by atoms with Crippen LogP contribution in [0.1, 0.15) is 5.69 Å². The standard InChI is InChI=1S/C15H17FN4O/c1-20-9-8-18-15(20)17-7-6-13-10-21-14(19-13)11-2-4-12(16)5-3-11/h2-5,10H,6-9H2,1H3,(H,17,18). The first-order valence-electron chi connectivity index (χ1n) is 6.92. The Labute approximate surface area is 122 Å². The zero-order valence-electron chi connectivity index (χ0n) is 11.8. The molecule has 1 aliphatic rings. The smallest absolute Gasteiger partial charge is 0.226 e. The molecule has 6 heteroatoms. The molecule has 2 heterocycles. The molecule has 0 unspecified atom stereocenters. The minimum Gasteiger partial charge on any atom is -0.444 e. The van der Waals surface area contributed by atoms with Crippen molar-refractivity contribution in [3.63, 3.8) is 0 Å². The lowest BCUT2D eigenvalue weighted by molar-refractivity contribution is 0.534. The number of likely N-dealkylation sites (N-methyl/N-ethyl adjacent to an activating group) is 1. The van der Waals surface area contributed by atoms with Crippen LogP contribution >= 0.6 is 0 Å². The molecule has 0 spiro atoms. The van der Waals surface area contributed by atoms with Crippen molar-refractivity contribution in [1.29, 1.82) is 0 Å². The summed E-state index contributed by atoms with van der Waals surface area (Å²) < 4.78 is 18.3. The fourth-order valence-electron chi connectivity index (χ4n) is 2.17. The zero-order valence-corrected chi connectivity index (χ0v) is 11.8. The number of rotatable bonds is 4. The van der Waals surface area contributed by atoms with E-state index in [0.717, 1.165) is 43.3 Å². The van der Waals surface area contributed by atoms with Crippen molar-refractivity contribution in [3.8, 4) is 11.5 Å². The lowest BCUT2D eigenvalue weighted by Crippen LogP contribution is -2.36. The van der Waals surface area contributed by atoms with E-state index in [1.54, 1.807) is 18.4 Å². The summed E-state index contributed by atoms with van der Waals surface area (Å²) in [6, 6.07) is 6.11. The number of benzene rings is 1. The van der Waals surface area contributed by atoms with Gasteiger partial charge in [0.15, 0.2) is 5.96 Å². The van der Waals surface area contributed by atoms with E-state index < -0.39 is 0 Å². The van der Waals surface area contributed by atoms with Crippen molar-refractivity contribution in [2.45, 2.75) is 6.42 Å². The van der Waals surface area contributed by atoms with Crippen molar-refractivity contribution >= 4 is 5.96 Å². The maximum absolute atomic E-state index is 12.9. The molecule has 0 bridgehead atoms. The Morgan fingerprint density at radius 2 is 2.14 bits per heavy atom. The molecular weight excluding hydrogens is 271 g/mol. The van der Waals surface area contributed by atoms with Gasteiger partial charge in [-0.2, -0.15) is 0 Å². The lowest BCUT2D eigenvalue weighted by atomic mass is 10.2. The average molecular weight is 288 g/mol. The monoisotopic (exact) mass is 288 g/mol. The molecule has 3 rings (SSSR count). The third-order valence-corrected chi connectivity index (χ3v) is 3.37. The molecule has 110 valence electrons. The number of nitrogens with one attached hydrogen (secondary N) is 1. The molecule has 0 atom stereocenters. The summed E-state index contributed by atoms with van der Waals surface area (Å²) in [4.78, 5) is 10.9. The van der Waals surface area contributed by atoms with E-state index in [2.05, 4.69) is 20.2 Å². The SMILES string of the molecule is CN1CCN=C1NCCc1coc(-c2ccc(F)cc2)n1. The normalized spacial score (nSPS) is 14.4. The maximum atomic E-state index is 12.9. The van der Waals surface area contributed by atoms with Crippen molar-refractivity contribution in [1.82, 2.24) is 15.2 Å². The molecule has 1 aromatic heterocycles. The average Bonchev–Trinajstić information content (AvgIpc) is 3.10. The highest BCUT2D eigenvalue weighted by molar-refractivity contribution is 5.81. The highest BCUT2D eigenvalue weighted by Gasteiger charge is 2.12. The minimum absolute atomic E-state index is 0.267. The number of hydrogen-bond acceptors (Lipinski definition) is 5. The predicted molar refractivity (Wildman–Crippen MR) is 78.5 cm³/mol. The van der Waals surface area contributed by atoms with Gasteiger partial charge in [0.05, 0.1) is 12.2 Å². The maximum Gasteiger partial charge on any atom is 0.226 e. The van der Waals surface area contributed by atoms with Crippen LogP contribution in [0.25, 0.3) is 11.5 Å². The highest BCUT2D eigenvalue weighted by Crippen LogP contribution is 2.18. The summed E-state index contributed by atoms with van der Waals surface area (Å²) >= 11 is 0. The summed E-state index contributed by atoms with van der Waals surface area (Å²) in [6.07, 6.45) is 2.39. The van der Waals surface area contributed by atoms with E-state index in [0.29, 0.717) is 5.89 Å². The number of hydrogen-bond donors (Lipinski definition) is 1. The fraction of sp³-hybridized carbons (Fsp3) is 0.333. The summed E-state index contributed by atoms with van der Waals surface area (Å²) in [7, 11) is 2.02. The Kier molecular flexibility index (Phi) is 3.85. The Balaban J connectivity index is 1.56. The Bertz CT molecular complexity index is 635. The summed E-state index contributed by atoms with van der Waals surface area (Å²) in [6.45, 7) is 2.55. The van der Waals surface area contributed by atoms with E-state index in [-0.39, 0.29) is 5.82 Å². The topological polar surface area (TPSA) is 53.7 Å². The van der Waals surface area contributed by atoms with Crippen LogP contribution in [0.4, 0.5) is 4.39 Å². The quantitative estimate of drug-likeness (QED) is 0.934. The van der Waals surface area contributed by atoms with Gasteiger partial charge >= 0.3 is 0 Å². The third-order valence-electron chi connectivity index (χ3n) is 3.37. The van der Waals surface area contributed by atoms with Crippen LogP contribution in [0.2, 0.25) is 0 Å². The first-order valence-corrected chi connectivity index (χ1v) is 6.92. The van der Waals surface area contributed by atoms with Crippen LogP contribution in [-0.4, -0.2) is 42.5 Å². The first kappa shape index (κ1) is 13.6. The van der Waals surface area contributed by atoms with Gasteiger partial charge in [-0.25, -0.2) is 9.37 Å².